The summed E-state index contributed by atoms with van der Waals surface area (Å²) in [5.41, 5.74) is 5.19. The molecular formula is C30H27FN2O4. The van der Waals surface area contributed by atoms with Crippen LogP contribution in [0.4, 0.5) is 10.1 Å². The van der Waals surface area contributed by atoms with Gasteiger partial charge in [-0.05, 0) is 96.1 Å². The van der Waals surface area contributed by atoms with E-state index in [1.54, 1.807) is 36.5 Å². The number of phenols is 2. The molecule has 1 unspecified atom stereocenters. The van der Waals surface area contributed by atoms with Crippen molar-refractivity contribution in [2.45, 2.75) is 32.1 Å². The molecule has 1 aliphatic rings. The predicted octanol–water partition coefficient (Wildman–Crippen LogP) is 5.89. The Morgan fingerprint density at radius 1 is 1.00 bits per heavy atom. The molecule has 0 spiro atoms. The van der Waals surface area contributed by atoms with Gasteiger partial charge in [-0.2, -0.15) is 0 Å². The molecule has 1 amide bonds. The summed E-state index contributed by atoms with van der Waals surface area (Å²) in [7, 11) is 0. The fraction of sp³-hybridized carbons (Fsp3) is 0.200. The standard InChI is InChI=1S/C30H27FN2O4/c31-22-6-8-23(9-7-22)33-30(37)20(4-3-18-1-2-19-5-10-24(34)15-27(18)19)13-26(36)14-21-17-32-29-12-11-25(35)16-28(21)29/h1,5-12,15-17,20,32,34-35H,2-4,13-14H2,(H,33,37). The van der Waals surface area contributed by atoms with Gasteiger partial charge in [-0.25, -0.2) is 4.39 Å². The van der Waals surface area contributed by atoms with Crippen LogP contribution in [0.1, 0.15) is 36.0 Å². The molecule has 4 N–H and O–H groups in total. The van der Waals surface area contributed by atoms with E-state index in [1.165, 1.54) is 24.3 Å². The summed E-state index contributed by atoms with van der Waals surface area (Å²) in [5, 5.41) is 23.4. The number of phenolic OH excluding ortho intramolecular Hbond substituents is 2. The Morgan fingerprint density at radius 2 is 1.76 bits per heavy atom. The van der Waals surface area contributed by atoms with E-state index >= 15 is 0 Å². The van der Waals surface area contributed by atoms with Gasteiger partial charge in [-0.1, -0.05) is 12.1 Å². The Bertz CT molecular complexity index is 1500. The molecule has 0 fully saturated rings. The van der Waals surface area contributed by atoms with Crippen molar-refractivity contribution in [3.8, 4) is 11.5 Å². The Kier molecular flexibility index (Phi) is 6.77. The molecule has 0 radical (unpaired) electrons. The molecular weight excluding hydrogens is 471 g/mol. The highest BCUT2D eigenvalue weighted by Gasteiger charge is 2.25. The van der Waals surface area contributed by atoms with Crippen molar-refractivity contribution in [3.63, 3.8) is 0 Å². The number of benzene rings is 3. The van der Waals surface area contributed by atoms with Gasteiger partial charge in [0, 0.05) is 41.5 Å². The zero-order valence-corrected chi connectivity index (χ0v) is 20.1. The molecule has 5 rings (SSSR count). The maximum Gasteiger partial charge on any atom is 0.227 e. The quantitative estimate of drug-likeness (QED) is 0.231. The van der Waals surface area contributed by atoms with E-state index in [-0.39, 0.29) is 36.0 Å². The number of nitrogens with one attached hydrogen (secondary N) is 2. The van der Waals surface area contributed by atoms with E-state index in [0.29, 0.717) is 18.5 Å². The van der Waals surface area contributed by atoms with Gasteiger partial charge in [-0.3, -0.25) is 9.59 Å². The molecule has 1 aliphatic carbocycles. The van der Waals surface area contributed by atoms with Gasteiger partial charge in [0.25, 0.3) is 0 Å². The van der Waals surface area contributed by atoms with Gasteiger partial charge in [0.1, 0.15) is 23.1 Å². The number of hydrogen-bond acceptors (Lipinski definition) is 4. The highest BCUT2D eigenvalue weighted by molar-refractivity contribution is 5.97. The number of allylic oxidation sites excluding steroid dienone is 2. The van der Waals surface area contributed by atoms with Crippen LogP contribution in [0.25, 0.3) is 16.5 Å². The molecule has 6 nitrogen and oxygen atoms in total. The Hall–Kier alpha value is -4.39. The van der Waals surface area contributed by atoms with E-state index in [0.717, 1.165) is 39.6 Å². The first-order valence-electron chi connectivity index (χ1n) is 12.2. The normalized spacial score (nSPS) is 13.3. The molecule has 0 saturated carbocycles. The van der Waals surface area contributed by atoms with Crippen LogP contribution in [0.3, 0.4) is 0 Å². The lowest BCUT2D eigenvalue weighted by atomic mass is 9.90. The Balaban J connectivity index is 1.31. The fourth-order valence-electron chi connectivity index (χ4n) is 4.93. The van der Waals surface area contributed by atoms with Crippen LogP contribution in [0.15, 0.2) is 72.9 Å². The summed E-state index contributed by atoms with van der Waals surface area (Å²) < 4.78 is 13.3. The smallest absolute Gasteiger partial charge is 0.227 e. The van der Waals surface area contributed by atoms with Gasteiger partial charge < -0.3 is 20.5 Å². The summed E-state index contributed by atoms with van der Waals surface area (Å²) in [5.74, 6) is -1.08. The minimum absolute atomic E-state index is 0.0404. The van der Waals surface area contributed by atoms with E-state index in [2.05, 4.69) is 16.4 Å². The first-order valence-corrected chi connectivity index (χ1v) is 12.2. The minimum Gasteiger partial charge on any atom is -0.508 e. The minimum atomic E-state index is -0.599. The van der Waals surface area contributed by atoms with Crippen molar-refractivity contribution in [2.24, 2.45) is 5.92 Å². The van der Waals surface area contributed by atoms with Crippen LogP contribution in [-0.2, 0) is 22.4 Å². The van der Waals surface area contributed by atoms with E-state index in [4.69, 9.17) is 0 Å². The first kappa shape index (κ1) is 24.3. The van der Waals surface area contributed by atoms with Gasteiger partial charge >= 0.3 is 0 Å². The van der Waals surface area contributed by atoms with Crippen molar-refractivity contribution in [3.05, 3.63) is 95.4 Å². The number of fused-ring (bicyclic) bond motifs is 2. The number of aromatic nitrogens is 1. The maximum atomic E-state index is 13.3. The lowest BCUT2D eigenvalue weighted by Crippen LogP contribution is -2.26. The van der Waals surface area contributed by atoms with Crippen LogP contribution in [0.2, 0.25) is 0 Å². The molecule has 188 valence electrons. The lowest BCUT2D eigenvalue weighted by molar-refractivity contribution is -0.126. The monoisotopic (exact) mass is 498 g/mol. The third kappa shape index (κ3) is 5.56. The number of carbonyl (C=O) groups is 2. The second kappa shape index (κ2) is 10.3. The van der Waals surface area contributed by atoms with Gasteiger partial charge in [-0.15, -0.1) is 0 Å². The van der Waals surface area contributed by atoms with Crippen LogP contribution in [0, 0.1) is 11.7 Å². The molecule has 3 aromatic carbocycles. The summed E-state index contributed by atoms with van der Waals surface area (Å²) in [4.78, 5) is 29.5. The number of rotatable bonds is 9. The third-order valence-corrected chi connectivity index (χ3v) is 6.87. The number of aromatic amines is 1. The number of halogens is 1. The third-order valence-electron chi connectivity index (χ3n) is 6.87. The number of aromatic hydroxyl groups is 2. The number of Topliss-reactive ketones (excluding diaryl/α,β-unsaturated/α-hetero) is 1. The van der Waals surface area contributed by atoms with Gasteiger partial charge in [0.05, 0.1) is 0 Å². The number of amides is 1. The predicted molar refractivity (Wildman–Crippen MR) is 141 cm³/mol. The summed E-state index contributed by atoms with van der Waals surface area (Å²) in [6.45, 7) is 0. The topological polar surface area (TPSA) is 102 Å². The number of H-pyrrole nitrogens is 1. The maximum absolute atomic E-state index is 13.3. The van der Waals surface area contributed by atoms with E-state index in [1.807, 2.05) is 6.07 Å². The largest absolute Gasteiger partial charge is 0.508 e. The molecule has 1 heterocycles. The SMILES string of the molecule is O=C(Cc1c[nH]c2ccc(O)cc12)CC(CCC1=CCc2ccc(O)cc21)C(=O)Nc1ccc(F)cc1. The second-order valence-corrected chi connectivity index (χ2v) is 9.47. The zero-order chi connectivity index (χ0) is 25.9. The molecule has 0 aliphatic heterocycles. The van der Waals surface area contributed by atoms with Crippen molar-refractivity contribution < 1.29 is 24.2 Å². The lowest BCUT2D eigenvalue weighted by Gasteiger charge is -2.17. The summed E-state index contributed by atoms with van der Waals surface area (Å²) in [6, 6.07) is 15.8. The van der Waals surface area contributed by atoms with Crippen LogP contribution >= 0.6 is 0 Å². The molecule has 1 atom stereocenters. The number of hydrogen-bond donors (Lipinski definition) is 4. The number of anilines is 1. The molecule has 0 saturated heterocycles. The Labute approximate surface area is 213 Å². The molecule has 37 heavy (non-hydrogen) atoms. The van der Waals surface area contributed by atoms with Crippen molar-refractivity contribution in [1.82, 2.24) is 4.98 Å². The van der Waals surface area contributed by atoms with Crippen LogP contribution in [-0.4, -0.2) is 26.9 Å². The zero-order valence-electron chi connectivity index (χ0n) is 20.1. The van der Waals surface area contributed by atoms with Crippen LogP contribution < -0.4 is 5.32 Å². The average molecular weight is 499 g/mol. The van der Waals surface area contributed by atoms with Gasteiger partial charge in [0.2, 0.25) is 5.91 Å². The molecule has 4 aromatic rings. The second-order valence-electron chi connectivity index (χ2n) is 9.47. The highest BCUT2D eigenvalue weighted by Crippen LogP contribution is 2.34. The van der Waals surface area contributed by atoms with Crippen molar-refractivity contribution in [1.29, 1.82) is 0 Å². The van der Waals surface area contributed by atoms with E-state index in [9.17, 15) is 24.2 Å². The van der Waals surface area contributed by atoms with Crippen molar-refractivity contribution >= 4 is 33.9 Å². The summed E-state index contributed by atoms with van der Waals surface area (Å²) >= 11 is 0. The highest BCUT2D eigenvalue weighted by atomic mass is 19.1. The van der Waals surface area contributed by atoms with Crippen LogP contribution in [0.5, 0.6) is 11.5 Å². The first-order chi connectivity index (χ1) is 17.9. The summed E-state index contributed by atoms with van der Waals surface area (Å²) in [6.07, 6.45) is 5.80. The van der Waals surface area contributed by atoms with Crippen molar-refractivity contribution in [2.75, 3.05) is 5.32 Å². The molecule has 1 aromatic heterocycles. The Morgan fingerprint density at radius 3 is 2.57 bits per heavy atom. The van der Waals surface area contributed by atoms with E-state index < -0.39 is 11.7 Å². The molecule has 0 bridgehead atoms. The average Bonchev–Trinajstić information content (AvgIpc) is 3.46. The fourth-order valence-corrected chi connectivity index (χ4v) is 4.93. The number of carbonyl (C=O) groups excluding carboxylic acids is 2. The number of ketones is 1. The van der Waals surface area contributed by atoms with Gasteiger partial charge in [0.15, 0.2) is 0 Å². The molecule has 7 heteroatoms.